The molecular weight excluding hydrogens is 418 g/mol. The summed E-state index contributed by atoms with van der Waals surface area (Å²) in [4.78, 5) is 39.1. The molecule has 0 bridgehead atoms. The van der Waals surface area contributed by atoms with Crippen LogP contribution in [0.2, 0.25) is 0 Å². The average molecular weight is 439 g/mol. The Morgan fingerprint density at radius 1 is 1.03 bits per heavy atom. The maximum Gasteiger partial charge on any atom is 0.273 e. The number of hydrogen-bond acceptors (Lipinski definition) is 5. The molecule has 0 unspecified atom stereocenters. The molecule has 4 rings (SSSR count). The van der Waals surface area contributed by atoms with Gasteiger partial charge in [0.25, 0.3) is 11.8 Å². The summed E-state index contributed by atoms with van der Waals surface area (Å²) in [6.45, 7) is 3.99. The molecule has 0 aliphatic heterocycles. The maximum absolute atomic E-state index is 12.6. The van der Waals surface area contributed by atoms with Crippen molar-refractivity contribution in [1.82, 2.24) is 19.9 Å². The smallest absolute Gasteiger partial charge is 0.273 e. The highest BCUT2D eigenvalue weighted by Crippen LogP contribution is 2.20. The molecule has 0 aliphatic carbocycles. The quantitative estimate of drug-likeness (QED) is 0.221. The van der Waals surface area contributed by atoms with E-state index >= 15 is 0 Å². The molecule has 9 heteroatoms. The van der Waals surface area contributed by atoms with Crippen LogP contribution in [0.1, 0.15) is 15.9 Å². The Hall–Kier alpha value is -4.92. The second kappa shape index (κ2) is 9.48. The van der Waals surface area contributed by atoms with Crippen molar-refractivity contribution in [2.45, 2.75) is 0 Å². The minimum Gasteiger partial charge on any atom is -0.394 e. The van der Waals surface area contributed by atoms with E-state index in [9.17, 15) is 9.59 Å². The number of carbonyl (C=O) groups excluding carboxylic acids is 2. The number of anilines is 2. The standard InChI is InChI=1S/C24H21N7O2/c1-15(16-8-3-2-4-9-16)7-5-11-18(25)22(33)31-24-28-19-12-6-10-17(20(19)29-24)21(32)30-23-26-13-14-27-23/h2-14H,1,25H2,(H2,26,27,30,32)(H2,28,29,31,33)/b7-5-,18-11-. The van der Waals surface area contributed by atoms with Crippen LogP contribution in [0.25, 0.3) is 16.6 Å². The third-order valence-electron chi connectivity index (χ3n) is 4.70. The molecule has 2 aromatic carbocycles. The third kappa shape index (κ3) is 5.05. The number of fused-ring (bicyclic) bond motifs is 1. The first-order chi connectivity index (χ1) is 16.0. The van der Waals surface area contributed by atoms with E-state index in [-0.39, 0.29) is 17.6 Å². The number of nitrogens with one attached hydrogen (secondary N) is 4. The van der Waals surface area contributed by atoms with Gasteiger partial charge in [-0.2, -0.15) is 0 Å². The molecule has 0 spiro atoms. The second-order valence-corrected chi connectivity index (χ2v) is 7.01. The van der Waals surface area contributed by atoms with Crippen LogP contribution < -0.4 is 16.4 Å². The summed E-state index contributed by atoms with van der Waals surface area (Å²) < 4.78 is 0. The minimum absolute atomic E-state index is 0.0108. The van der Waals surface area contributed by atoms with Gasteiger partial charge in [0.05, 0.1) is 16.8 Å². The van der Waals surface area contributed by atoms with Crippen LogP contribution >= 0.6 is 0 Å². The van der Waals surface area contributed by atoms with Crippen molar-refractivity contribution in [2.24, 2.45) is 5.73 Å². The second-order valence-electron chi connectivity index (χ2n) is 7.01. The van der Waals surface area contributed by atoms with Gasteiger partial charge in [-0.25, -0.2) is 9.97 Å². The van der Waals surface area contributed by atoms with E-state index in [2.05, 4.69) is 37.1 Å². The summed E-state index contributed by atoms with van der Waals surface area (Å²) in [7, 11) is 0. The van der Waals surface area contributed by atoms with E-state index in [1.807, 2.05) is 30.3 Å². The Labute approximate surface area is 189 Å². The van der Waals surface area contributed by atoms with Gasteiger partial charge in [-0.15, -0.1) is 0 Å². The van der Waals surface area contributed by atoms with Crippen molar-refractivity contribution in [1.29, 1.82) is 0 Å². The van der Waals surface area contributed by atoms with Gasteiger partial charge < -0.3 is 15.7 Å². The van der Waals surface area contributed by atoms with Crippen LogP contribution in [0.4, 0.5) is 11.9 Å². The van der Waals surface area contributed by atoms with Crippen molar-refractivity contribution in [3.05, 3.63) is 103 Å². The lowest BCUT2D eigenvalue weighted by Gasteiger charge is -2.02. The number of carbonyl (C=O) groups is 2. The van der Waals surface area contributed by atoms with Crippen LogP contribution in [0.5, 0.6) is 0 Å². The van der Waals surface area contributed by atoms with E-state index in [1.54, 1.807) is 36.5 Å². The molecule has 0 atom stereocenters. The van der Waals surface area contributed by atoms with Gasteiger partial charge in [0, 0.05) is 12.4 Å². The number of allylic oxidation sites excluding steroid dienone is 4. The predicted molar refractivity (Wildman–Crippen MR) is 128 cm³/mol. The first-order valence-electron chi connectivity index (χ1n) is 10.0. The van der Waals surface area contributed by atoms with Gasteiger partial charge in [-0.1, -0.05) is 55.1 Å². The maximum atomic E-state index is 12.6. The van der Waals surface area contributed by atoms with E-state index in [4.69, 9.17) is 5.73 Å². The van der Waals surface area contributed by atoms with Gasteiger partial charge in [-0.3, -0.25) is 20.2 Å². The Kier molecular flexibility index (Phi) is 6.12. The van der Waals surface area contributed by atoms with E-state index in [0.717, 1.165) is 11.1 Å². The number of hydrogen-bond donors (Lipinski definition) is 5. The number of nitrogens with two attached hydrogens (primary N) is 1. The Morgan fingerprint density at radius 2 is 1.85 bits per heavy atom. The van der Waals surface area contributed by atoms with E-state index in [1.165, 1.54) is 12.3 Å². The highest BCUT2D eigenvalue weighted by atomic mass is 16.2. The molecule has 0 fully saturated rings. The fraction of sp³-hybridized carbons (Fsp3) is 0. The number of amides is 2. The zero-order valence-corrected chi connectivity index (χ0v) is 17.5. The Morgan fingerprint density at radius 3 is 2.61 bits per heavy atom. The highest BCUT2D eigenvalue weighted by molar-refractivity contribution is 6.11. The summed E-state index contributed by atoms with van der Waals surface area (Å²) in [5.74, 6) is -0.432. The molecule has 0 saturated heterocycles. The van der Waals surface area contributed by atoms with Crippen LogP contribution in [0.3, 0.4) is 0 Å². The number of imidazole rings is 2. The van der Waals surface area contributed by atoms with Crippen LogP contribution in [-0.2, 0) is 4.79 Å². The summed E-state index contributed by atoms with van der Waals surface area (Å²) in [5.41, 5.74) is 8.95. The number of rotatable bonds is 7. The summed E-state index contributed by atoms with van der Waals surface area (Å²) >= 11 is 0. The van der Waals surface area contributed by atoms with Crippen molar-refractivity contribution in [2.75, 3.05) is 10.6 Å². The van der Waals surface area contributed by atoms with Crippen molar-refractivity contribution < 1.29 is 9.59 Å². The molecular formula is C24H21N7O2. The average Bonchev–Trinajstić information content (AvgIpc) is 3.48. The lowest BCUT2D eigenvalue weighted by Crippen LogP contribution is -2.20. The van der Waals surface area contributed by atoms with Gasteiger partial charge >= 0.3 is 0 Å². The summed E-state index contributed by atoms with van der Waals surface area (Å²) in [6, 6.07) is 14.7. The summed E-state index contributed by atoms with van der Waals surface area (Å²) in [5, 5.41) is 5.26. The molecule has 2 amide bonds. The highest BCUT2D eigenvalue weighted by Gasteiger charge is 2.16. The number of aromatic amines is 2. The van der Waals surface area contributed by atoms with Gasteiger partial charge in [0.2, 0.25) is 11.9 Å². The topological polar surface area (TPSA) is 142 Å². The van der Waals surface area contributed by atoms with Crippen molar-refractivity contribution >= 4 is 40.3 Å². The molecule has 9 nitrogen and oxygen atoms in total. The fourth-order valence-corrected chi connectivity index (χ4v) is 3.05. The molecule has 2 aromatic heterocycles. The Bertz CT molecular complexity index is 1370. The summed E-state index contributed by atoms with van der Waals surface area (Å²) in [6.07, 6.45) is 8.03. The molecule has 164 valence electrons. The number of H-pyrrole nitrogens is 2. The van der Waals surface area contributed by atoms with Gasteiger partial charge in [0.1, 0.15) is 5.52 Å². The van der Waals surface area contributed by atoms with E-state index < -0.39 is 5.91 Å². The fourth-order valence-electron chi connectivity index (χ4n) is 3.05. The number of nitrogens with zero attached hydrogens (tertiary/aromatic N) is 2. The minimum atomic E-state index is -0.536. The molecule has 0 aliphatic rings. The molecule has 33 heavy (non-hydrogen) atoms. The number of benzene rings is 2. The van der Waals surface area contributed by atoms with Crippen LogP contribution in [0, 0.1) is 0 Å². The molecule has 0 radical (unpaired) electrons. The zero-order valence-electron chi connectivity index (χ0n) is 17.5. The van der Waals surface area contributed by atoms with Crippen LogP contribution in [0.15, 0.2) is 91.4 Å². The van der Waals surface area contributed by atoms with Crippen molar-refractivity contribution in [3.63, 3.8) is 0 Å². The predicted octanol–water partition coefficient (Wildman–Crippen LogP) is 3.59. The normalized spacial score (nSPS) is 11.6. The van der Waals surface area contributed by atoms with E-state index in [0.29, 0.717) is 22.5 Å². The van der Waals surface area contributed by atoms with Crippen molar-refractivity contribution in [3.8, 4) is 0 Å². The molecule has 4 aromatic rings. The first kappa shape index (κ1) is 21.3. The monoisotopic (exact) mass is 439 g/mol. The van der Waals surface area contributed by atoms with Gasteiger partial charge in [0.15, 0.2) is 0 Å². The lowest BCUT2D eigenvalue weighted by atomic mass is 10.1. The Balaban J connectivity index is 1.45. The number of para-hydroxylation sites is 1. The number of aromatic nitrogens is 4. The zero-order chi connectivity index (χ0) is 23.2. The van der Waals surface area contributed by atoms with Crippen LogP contribution in [-0.4, -0.2) is 31.8 Å². The molecule has 2 heterocycles. The largest absolute Gasteiger partial charge is 0.394 e. The first-order valence-corrected chi connectivity index (χ1v) is 10.0. The molecule has 6 N–H and O–H groups in total. The third-order valence-corrected chi connectivity index (χ3v) is 4.70. The van der Waals surface area contributed by atoms with Gasteiger partial charge in [-0.05, 0) is 29.3 Å². The molecule has 0 saturated carbocycles. The SMILES string of the molecule is C=C(/C=C\C=C(/N)C(=O)Nc1nc2c(C(=O)Nc3ncc[nH]3)cccc2[nH]1)c1ccccc1. The lowest BCUT2D eigenvalue weighted by molar-refractivity contribution is -0.112.